The predicted octanol–water partition coefficient (Wildman–Crippen LogP) is 14.9. The van der Waals surface area contributed by atoms with Crippen LogP contribution in [0, 0.1) is 0 Å². The summed E-state index contributed by atoms with van der Waals surface area (Å²) >= 11 is 1.84. The molecule has 0 fully saturated rings. The third kappa shape index (κ3) is 5.76. The van der Waals surface area contributed by atoms with E-state index >= 15 is 0 Å². The summed E-state index contributed by atoms with van der Waals surface area (Å²) in [6, 6.07) is 80.3. The monoisotopic (exact) mass is 807 g/mol. The van der Waals surface area contributed by atoms with Gasteiger partial charge in [-0.15, -0.1) is 11.3 Å². The lowest BCUT2D eigenvalue weighted by Crippen LogP contribution is -2.29. The largest absolute Gasteiger partial charge is 0.208 e. The van der Waals surface area contributed by atoms with E-state index < -0.39 is 5.41 Å². The normalized spacial score (nSPS) is 12.6. The Hall–Kier alpha value is -7.79. The van der Waals surface area contributed by atoms with Gasteiger partial charge < -0.3 is 0 Å². The van der Waals surface area contributed by atoms with Gasteiger partial charge in [0.25, 0.3) is 0 Å². The van der Waals surface area contributed by atoms with Gasteiger partial charge in [-0.05, 0) is 67.8 Å². The molecule has 0 aliphatic heterocycles. The van der Waals surface area contributed by atoms with Crippen molar-refractivity contribution in [2.75, 3.05) is 0 Å². The standard InChI is InChI=1S/C58H37N3S/c1-4-16-38(17-5-1)39-30-34-41(35-31-39)55-59-56(42-36-32-40(33-37-42)45-24-15-29-52-53(45)48-23-11-13-28-51(48)62-52)61-57(60-55)49-26-14-25-47-46-22-10-12-27-50(46)58(54(47)49,43-18-6-2-7-19-43)44-20-8-3-9-21-44/h1-37H. The van der Waals surface area contributed by atoms with Gasteiger partial charge in [0.05, 0.1) is 5.41 Å². The highest BCUT2D eigenvalue weighted by Crippen LogP contribution is 2.58. The zero-order valence-corrected chi connectivity index (χ0v) is 34.4. The molecule has 3 nitrogen and oxygen atoms in total. The molecule has 9 aromatic carbocycles. The van der Waals surface area contributed by atoms with Gasteiger partial charge >= 0.3 is 0 Å². The average Bonchev–Trinajstić information content (AvgIpc) is 3.89. The Morgan fingerprint density at radius 1 is 0.306 bits per heavy atom. The minimum Gasteiger partial charge on any atom is -0.208 e. The molecular weight excluding hydrogens is 771 g/mol. The number of thiophene rings is 1. The maximum absolute atomic E-state index is 5.42. The van der Waals surface area contributed by atoms with Crippen LogP contribution in [0.5, 0.6) is 0 Å². The first-order chi connectivity index (χ1) is 30.7. The smallest absolute Gasteiger partial charge is 0.164 e. The van der Waals surface area contributed by atoms with E-state index in [1.54, 1.807) is 0 Å². The molecule has 0 N–H and O–H groups in total. The quantitative estimate of drug-likeness (QED) is 0.161. The fourth-order valence-electron chi connectivity index (χ4n) is 9.70. The van der Waals surface area contributed by atoms with Crippen molar-refractivity contribution in [3.63, 3.8) is 0 Å². The summed E-state index contributed by atoms with van der Waals surface area (Å²) in [7, 11) is 0. The van der Waals surface area contributed by atoms with Crippen molar-refractivity contribution in [2.45, 2.75) is 5.41 Å². The van der Waals surface area contributed by atoms with Crippen molar-refractivity contribution in [3.05, 3.63) is 247 Å². The van der Waals surface area contributed by atoms with Crippen LogP contribution < -0.4 is 0 Å². The SMILES string of the molecule is c1ccc(-c2ccc(-c3nc(-c4ccc(-c5cccc6sc7ccccc7c56)cc4)nc(-c4cccc5c4C(c4ccccc4)(c4ccccc4)c4ccccc4-5)n3)cc2)cc1. The second-order valence-electron chi connectivity index (χ2n) is 15.9. The van der Waals surface area contributed by atoms with Crippen LogP contribution in [0.1, 0.15) is 22.3 Å². The number of hydrogen-bond donors (Lipinski definition) is 0. The van der Waals surface area contributed by atoms with Crippen molar-refractivity contribution in [1.29, 1.82) is 0 Å². The molecule has 2 aromatic heterocycles. The van der Waals surface area contributed by atoms with Crippen LogP contribution in [0.25, 0.3) is 87.7 Å². The van der Waals surface area contributed by atoms with Crippen molar-refractivity contribution < 1.29 is 0 Å². The number of rotatable bonds is 7. The van der Waals surface area contributed by atoms with Gasteiger partial charge in [0.15, 0.2) is 17.5 Å². The van der Waals surface area contributed by atoms with E-state index in [1.165, 1.54) is 64.7 Å². The molecule has 62 heavy (non-hydrogen) atoms. The molecule has 11 aromatic rings. The third-order valence-electron chi connectivity index (χ3n) is 12.5. The first kappa shape index (κ1) is 36.1. The molecule has 1 aliphatic carbocycles. The van der Waals surface area contributed by atoms with E-state index in [1.807, 2.05) is 17.4 Å². The molecule has 0 amide bonds. The maximum atomic E-state index is 5.42. The number of hydrogen-bond acceptors (Lipinski definition) is 4. The molecule has 2 heterocycles. The van der Waals surface area contributed by atoms with Gasteiger partial charge in [0.2, 0.25) is 0 Å². The Bertz CT molecular complexity index is 3390. The Balaban J connectivity index is 1.07. The van der Waals surface area contributed by atoms with Gasteiger partial charge in [-0.3, -0.25) is 0 Å². The minimum atomic E-state index is -0.621. The number of benzene rings is 9. The highest BCUT2D eigenvalue weighted by atomic mass is 32.1. The molecule has 0 bridgehead atoms. The molecule has 12 rings (SSSR count). The zero-order chi connectivity index (χ0) is 41.0. The predicted molar refractivity (Wildman–Crippen MR) is 257 cm³/mol. The summed E-state index contributed by atoms with van der Waals surface area (Å²) in [6.07, 6.45) is 0. The Morgan fingerprint density at radius 2 is 0.774 bits per heavy atom. The first-order valence-electron chi connectivity index (χ1n) is 21.0. The van der Waals surface area contributed by atoms with Crippen LogP contribution in [-0.4, -0.2) is 15.0 Å². The summed E-state index contributed by atoms with van der Waals surface area (Å²) in [4.78, 5) is 16.1. The molecule has 290 valence electrons. The minimum absolute atomic E-state index is 0.621. The van der Waals surface area contributed by atoms with Gasteiger partial charge in [-0.1, -0.05) is 212 Å². The lowest BCUT2D eigenvalue weighted by Gasteiger charge is -2.35. The van der Waals surface area contributed by atoms with Gasteiger partial charge in [0.1, 0.15) is 0 Å². The summed E-state index contributed by atoms with van der Waals surface area (Å²) in [5.41, 5.74) is 14.1. The lowest BCUT2D eigenvalue weighted by molar-refractivity contribution is 0.769. The topological polar surface area (TPSA) is 38.7 Å². The van der Waals surface area contributed by atoms with E-state index in [-0.39, 0.29) is 0 Å². The highest BCUT2D eigenvalue weighted by molar-refractivity contribution is 7.25. The van der Waals surface area contributed by atoms with Crippen LogP contribution in [0.3, 0.4) is 0 Å². The van der Waals surface area contributed by atoms with E-state index in [9.17, 15) is 0 Å². The van der Waals surface area contributed by atoms with Gasteiger partial charge in [-0.2, -0.15) is 0 Å². The summed E-state index contributed by atoms with van der Waals surface area (Å²) < 4.78 is 2.59. The van der Waals surface area contributed by atoms with Crippen molar-refractivity contribution in [2.24, 2.45) is 0 Å². The lowest BCUT2D eigenvalue weighted by atomic mass is 9.66. The van der Waals surface area contributed by atoms with Crippen LogP contribution in [-0.2, 0) is 5.41 Å². The Labute approximate surface area is 364 Å². The molecule has 0 radical (unpaired) electrons. The van der Waals surface area contributed by atoms with Gasteiger partial charge in [-0.25, -0.2) is 15.0 Å². The van der Waals surface area contributed by atoms with E-state index in [0.29, 0.717) is 17.5 Å². The van der Waals surface area contributed by atoms with Crippen LogP contribution in [0.2, 0.25) is 0 Å². The van der Waals surface area contributed by atoms with Gasteiger partial charge in [0, 0.05) is 36.9 Å². The van der Waals surface area contributed by atoms with Crippen LogP contribution in [0.4, 0.5) is 0 Å². The second-order valence-corrected chi connectivity index (χ2v) is 16.9. The molecule has 0 saturated heterocycles. The van der Waals surface area contributed by atoms with Crippen LogP contribution >= 0.6 is 11.3 Å². The molecular formula is C58H37N3S. The summed E-state index contributed by atoms with van der Waals surface area (Å²) in [5.74, 6) is 1.89. The maximum Gasteiger partial charge on any atom is 0.164 e. The molecule has 0 unspecified atom stereocenters. The van der Waals surface area contributed by atoms with E-state index in [4.69, 9.17) is 15.0 Å². The number of fused-ring (bicyclic) bond motifs is 6. The fourth-order valence-corrected chi connectivity index (χ4v) is 10.8. The van der Waals surface area contributed by atoms with E-state index in [0.717, 1.165) is 27.8 Å². The zero-order valence-electron chi connectivity index (χ0n) is 33.6. The Morgan fingerprint density at radius 3 is 1.47 bits per heavy atom. The molecule has 0 atom stereocenters. The molecule has 1 aliphatic rings. The molecule has 0 saturated carbocycles. The fraction of sp³-hybridized carbons (Fsp3) is 0.0172. The summed E-state index contributed by atoms with van der Waals surface area (Å²) in [6.45, 7) is 0. The molecule has 0 spiro atoms. The number of aromatic nitrogens is 3. The second kappa shape index (κ2) is 14.7. The average molecular weight is 808 g/mol. The van der Waals surface area contributed by atoms with Crippen molar-refractivity contribution in [3.8, 4) is 67.5 Å². The van der Waals surface area contributed by atoms with Crippen molar-refractivity contribution in [1.82, 2.24) is 15.0 Å². The summed E-state index contributed by atoms with van der Waals surface area (Å²) in [5, 5.41) is 2.58. The van der Waals surface area contributed by atoms with Crippen LogP contribution in [0.15, 0.2) is 224 Å². The van der Waals surface area contributed by atoms with Crippen molar-refractivity contribution >= 4 is 31.5 Å². The first-order valence-corrected chi connectivity index (χ1v) is 21.8. The Kier molecular flexibility index (Phi) is 8.58. The van der Waals surface area contributed by atoms with E-state index in [2.05, 4.69) is 218 Å². The highest BCUT2D eigenvalue weighted by Gasteiger charge is 2.47. The third-order valence-corrected chi connectivity index (χ3v) is 13.6. The molecule has 4 heteroatoms. The number of nitrogens with zero attached hydrogens (tertiary/aromatic N) is 3.